The summed E-state index contributed by atoms with van der Waals surface area (Å²) in [5, 5.41) is 2.84. The Hall–Kier alpha value is -2.11. The van der Waals surface area contributed by atoms with Crippen LogP contribution in [-0.2, 0) is 11.3 Å². The summed E-state index contributed by atoms with van der Waals surface area (Å²) in [4.78, 5) is 31.3. The van der Waals surface area contributed by atoms with Crippen molar-refractivity contribution in [1.82, 2.24) is 20.1 Å². The number of rotatable bonds is 3. The zero-order chi connectivity index (χ0) is 14.1. The molecule has 0 bridgehead atoms. The molecule has 1 aromatic heterocycles. The molecular formula is C14H18N4O2. The van der Waals surface area contributed by atoms with E-state index in [0.717, 1.165) is 24.0 Å². The van der Waals surface area contributed by atoms with E-state index in [1.54, 1.807) is 22.2 Å². The summed E-state index contributed by atoms with van der Waals surface area (Å²) in [7, 11) is 0. The maximum atomic E-state index is 12.1. The molecule has 2 heterocycles. The Morgan fingerprint density at radius 2 is 2.25 bits per heavy atom. The van der Waals surface area contributed by atoms with Crippen LogP contribution in [0.5, 0.6) is 0 Å². The molecule has 2 aliphatic rings. The smallest absolute Gasteiger partial charge is 0.319 e. The topological polar surface area (TPSA) is 65.5 Å². The zero-order valence-corrected chi connectivity index (χ0v) is 11.5. The summed E-state index contributed by atoms with van der Waals surface area (Å²) in [6.45, 7) is 3.00. The monoisotopic (exact) mass is 274 g/mol. The van der Waals surface area contributed by atoms with E-state index in [4.69, 9.17) is 0 Å². The number of pyridine rings is 1. The molecule has 20 heavy (non-hydrogen) atoms. The highest BCUT2D eigenvalue weighted by Gasteiger charge is 2.39. The molecule has 1 aliphatic carbocycles. The van der Waals surface area contributed by atoms with E-state index in [1.165, 1.54) is 0 Å². The van der Waals surface area contributed by atoms with Crippen molar-refractivity contribution in [1.29, 1.82) is 0 Å². The Labute approximate surface area is 117 Å². The van der Waals surface area contributed by atoms with E-state index < -0.39 is 0 Å². The minimum atomic E-state index is -0.192. The number of carbonyl (C=O) groups is 2. The standard InChI is InChI=1S/C14H18N4O2/c1-10-4-11(6-15-5-10)7-16-14(20)17-8-13(19)18(9-17)12-2-3-12/h4-6,12H,2-3,7-9H2,1H3,(H,16,20). The Morgan fingerprint density at radius 1 is 1.45 bits per heavy atom. The fourth-order valence-electron chi connectivity index (χ4n) is 2.41. The molecular weight excluding hydrogens is 256 g/mol. The Morgan fingerprint density at radius 3 is 2.95 bits per heavy atom. The van der Waals surface area contributed by atoms with Gasteiger partial charge in [-0.05, 0) is 30.9 Å². The zero-order valence-electron chi connectivity index (χ0n) is 11.5. The van der Waals surface area contributed by atoms with Gasteiger partial charge in [0, 0.05) is 25.0 Å². The van der Waals surface area contributed by atoms with E-state index in [0.29, 0.717) is 19.3 Å². The third-order valence-electron chi connectivity index (χ3n) is 3.62. The number of urea groups is 1. The molecule has 3 amide bonds. The maximum Gasteiger partial charge on any atom is 0.319 e. The van der Waals surface area contributed by atoms with Crippen molar-refractivity contribution >= 4 is 11.9 Å². The molecule has 106 valence electrons. The predicted molar refractivity (Wildman–Crippen MR) is 72.7 cm³/mol. The van der Waals surface area contributed by atoms with Gasteiger partial charge < -0.3 is 10.2 Å². The van der Waals surface area contributed by atoms with Gasteiger partial charge in [0.05, 0.1) is 6.67 Å². The minimum absolute atomic E-state index is 0.0554. The summed E-state index contributed by atoms with van der Waals surface area (Å²) in [5.41, 5.74) is 2.02. The van der Waals surface area contributed by atoms with Crippen LogP contribution in [0, 0.1) is 6.92 Å². The van der Waals surface area contributed by atoms with Crippen molar-refractivity contribution in [3.05, 3.63) is 29.6 Å². The second kappa shape index (κ2) is 5.11. The molecule has 1 aliphatic heterocycles. The van der Waals surface area contributed by atoms with Crippen molar-refractivity contribution in [3.8, 4) is 0 Å². The first kappa shape index (κ1) is 12.9. The summed E-state index contributed by atoms with van der Waals surface area (Å²) in [6.07, 6.45) is 5.64. The molecule has 1 saturated heterocycles. The first-order valence-corrected chi connectivity index (χ1v) is 6.86. The fourth-order valence-corrected chi connectivity index (χ4v) is 2.41. The number of hydrogen-bond acceptors (Lipinski definition) is 3. The van der Waals surface area contributed by atoms with Crippen LogP contribution in [0.15, 0.2) is 18.5 Å². The summed E-state index contributed by atoms with van der Waals surface area (Å²) < 4.78 is 0. The molecule has 6 heteroatoms. The Kier molecular flexibility index (Phi) is 3.30. The minimum Gasteiger partial charge on any atom is -0.334 e. The molecule has 0 radical (unpaired) electrons. The summed E-state index contributed by atoms with van der Waals surface area (Å²) in [6, 6.07) is 2.16. The van der Waals surface area contributed by atoms with Crippen LogP contribution < -0.4 is 5.32 Å². The summed E-state index contributed by atoms with van der Waals surface area (Å²) in [5.74, 6) is 0.0554. The number of nitrogens with zero attached hydrogens (tertiary/aromatic N) is 3. The first-order chi connectivity index (χ1) is 9.63. The van der Waals surface area contributed by atoms with Crippen molar-refractivity contribution in [2.75, 3.05) is 13.2 Å². The largest absolute Gasteiger partial charge is 0.334 e. The quantitative estimate of drug-likeness (QED) is 0.889. The van der Waals surface area contributed by atoms with Gasteiger partial charge in [-0.1, -0.05) is 6.07 Å². The average molecular weight is 274 g/mol. The van der Waals surface area contributed by atoms with Crippen LogP contribution in [0.4, 0.5) is 4.79 Å². The number of aryl methyl sites for hydroxylation is 1. The highest BCUT2D eigenvalue weighted by molar-refractivity contribution is 5.87. The molecule has 1 aromatic rings. The van der Waals surface area contributed by atoms with E-state index in [2.05, 4.69) is 10.3 Å². The van der Waals surface area contributed by atoms with E-state index in [9.17, 15) is 9.59 Å². The van der Waals surface area contributed by atoms with Crippen LogP contribution in [-0.4, -0.2) is 46.0 Å². The number of hydrogen-bond donors (Lipinski definition) is 1. The Balaban J connectivity index is 1.53. The van der Waals surface area contributed by atoms with Gasteiger partial charge in [0.15, 0.2) is 0 Å². The van der Waals surface area contributed by atoms with Gasteiger partial charge in [0.1, 0.15) is 6.54 Å². The van der Waals surface area contributed by atoms with Crippen molar-refractivity contribution < 1.29 is 9.59 Å². The molecule has 6 nitrogen and oxygen atoms in total. The van der Waals surface area contributed by atoms with Crippen LogP contribution in [0.25, 0.3) is 0 Å². The highest BCUT2D eigenvalue weighted by atomic mass is 16.2. The predicted octanol–water partition coefficient (Wildman–Crippen LogP) is 0.864. The number of carbonyl (C=O) groups excluding carboxylic acids is 2. The third kappa shape index (κ3) is 2.74. The van der Waals surface area contributed by atoms with Gasteiger partial charge in [-0.3, -0.25) is 14.7 Å². The van der Waals surface area contributed by atoms with Gasteiger partial charge in [-0.25, -0.2) is 4.79 Å². The van der Waals surface area contributed by atoms with Crippen molar-refractivity contribution in [3.63, 3.8) is 0 Å². The molecule has 1 saturated carbocycles. The van der Waals surface area contributed by atoms with Crippen molar-refractivity contribution in [2.45, 2.75) is 32.4 Å². The molecule has 0 spiro atoms. The normalized spacial score (nSPS) is 18.6. The highest BCUT2D eigenvalue weighted by Crippen LogP contribution is 2.29. The van der Waals surface area contributed by atoms with Crippen molar-refractivity contribution in [2.24, 2.45) is 0 Å². The second-order valence-corrected chi connectivity index (χ2v) is 5.46. The van der Waals surface area contributed by atoms with E-state index >= 15 is 0 Å². The molecule has 3 rings (SSSR count). The van der Waals surface area contributed by atoms with E-state index in [-0.39, 0.29) is 18.5 Å². The van der Waals surface area contributed by atoms with Gasteiger partial charge in [0.2, 0.25) is 5.91 Å². The number of aromatic nitrogens is 1. The first-order valence-electron chi connectivity index (χ1n) is 6.86. The molecule has 0 atom stereocenters. The number of amides is 3. The lowest BCUT2D eigenvalue weighted by Crippen LogP contribution is -2.39. The second-order valence-electron chi connectivity index (χ2n) is 5.46. The molecule has 1 N–H and O–H groups in total. The third-order valence-corrected chi connectivity index (χ3v) is 3.62. The lowest BCUT2D eigenvalue weighted by atomic mass is 10.2. The van der Waals surface area contributed by atoms with Gasteiger partial charge in [-0.2, -0.15) is 0 Å². The SMILES string of the molecule is Cc1cncc(CNC(=O)N2CC(=O)N(C3CC3)C2)c1. The van der Waals surface area contributed by atoms with Crippen LogP contribution in [0.1, 0.15) is 24.0 Å². The summed E-state index contributed by atoms with van der Waals surface area (Å²) >= 11 is 0. The van der Waals surface area contributed by atoms with Gasteiger partial charge >= 0.3 is 6.03 Å². The number of nitrogens with one attached hydrogen (secondary N) is 1. The lowest BCUT2D eigenvalue weighted by molar-refractivity contribution is -0.127. The van der Waals surface area contributed by atoms with Gasteiger partial charge in [-0.15, -0.1) is 0 Å². The van der Waals surface area contributed by atoms with Gasteiger partial charge in [0.25, 0.3) is 0 Å². The fraction of sp³-hybridized carbons (Fsp3) is 0.500. The molecule has 2 fully saturated rings. The maximum absolute atomic E-state index is 12.1. The van der Waals surface area contributed by atoms with Crippen LogP contribution >= 0.6 is 0 Å². The van der Waals surface area contributed by atoms with Crippen LogP contribution in [0.2, 0.25) is 0 Å². The lowest BCUT2D eigenvalue weighted by Gasteiger charge is -2.18. The Bertz CT molecular complexity index is 542. The van der Waals surface area contributed by atoms with Crippen LogP contribution in [0.3, 0.4) is 0 Å². The molecule has 0 aromatic carbocycles. The van der Waals surface area contributed by atoms with E-state index in [1.807, 2.05) is 13.0 Å². The average Bonchev–Trinajstić information content (AvgIpc) is 3.19. The molecule has 0 unspecified atom stereocenters.